The van der Waals surface area contributed by atoms with Gasteiger partial charge in [-0.2, -0.15) is 5.10 Å². The Balaban J connectivity index is 2.67. The molecule has 0 unspecified atom stereocenters. The Bertz CT molecular complexity index is 496. The van der Waals surface area contributed by atoms with Crippen molar-refractivity contribution in [3.8, 4) is 0 Å². The Kier molecular flexibility index (Phi) is 3.70. The van der Waals surface area contributed by atoms with Gasteiger partial charge in [-0.15, -0.1) is 0 Å². The van der Waals surface area contributed by atoms with Crippen LogP contribution in [-0.2, 0) is 9.84 Å². The number of hydrogen-bond donors (Lipinski definition) is 2. The van der Waals surface area contributed by atoms with Crippen LogP contribution in [0.3, 0.4) is 0 Å². The maximum Gasteiger partial charge on any atom is 0.285 e. The largest absolute Gasteiger partial charge is 0.381 e. The molecule has 0 saturated heterocycles. The van der Waals surface area contributed by atoms with Gasteiger partial charge < -0.3 is 5.32 Å². The van der Waals surface area contributed by atoms with E-state index in [1.54, 1.807) is 0 Å². The third-order valence-electron chi connectivity index (χ3n) is 1.58. The fourth-order valence-corrected chi connectivity index (χ4v) is 1.51. The smallest absolute Gasteiger partial charge is 0.285 e. The molecule has 0 saturated carbocycles. The predicted molar refractivity (Wildman–Crippen MR) is 58.1 cm³/mol. The number of nitrogens with zero attached hydrogens (tertiary/aromatic N) is 1. The molecule has 0 aliphatic heterocycles. The molecule has 0 bridgehead atoms. The average Bonchev–Trinajstić information content (AvgIpc) is 2.10. The molecule has 0 spiro atoms. The van der Waals surface area contributed by atoms with Gasteiger partial charge in [-0.25, -0.2) is 13.5 Å². The van der Waals surface area contributed by atoms with Crippen molar-refractivity contribution in [2.75, 3.05) is 23.9 Å². The van der Waals surface area contributed by atoms with Crippen molar-refractivity contribution in [1.29, 1.82) is 0 Å². The molecular weight excluding hydrogens is 242 g/mol. The number of aromatic nitrogens is 2. The first kappa shape index (κ1) is 12.0. The first-order valence-electron chi connectivity index (χ1n) is 4.05. The number of anilines is 1. The van der Waals surface area contributed by atoms with E-state index in [9.17, 15) is 13.2 Å². The lowest BCUT2D eigenvalue weighted by molar-refractivity contribution is 0.602. The van der Waals surface area contributed by atoms with Crippen LogP contribution < -0.4 is 10.9 Å². The molecular formula is C7H10ClN3O3S. The van der Waals surface area contributed by atoms with Crippen LogP contribution in [0.4, 0.5) is 5.69 Å². The van der Waals surface area contributed by atoms with Gasteiger partial charge >= 0.3 is 0 Å². The van der Waals surface area contributed by atoms with Crippen molar-refractivity contribution in [2.24, 2.45) is 0 Å². The molecule has 1 aromatic heterocycles. The lowest BCUT2D eigenvalue weighted by Crippen LogP contribution is -2.17. The van der Waals surface area contributed by atoms with Gasteiger partial charge in [-0.1, -0.05) is 11.6 Å². The maximum absolute atomic E-state index is 11.0. The summed E-state index contributed by atoms with van der Waals surface area (Å²) in [6, 6.07) is 0. The van der Waals surface area contributed by atoms with Crippen molar-refractivity contribution in [3.63, 3.8) is 0 Å². The predicted octanol–water partition coefficient (Wildman–Crippen LogP) is -0.120. The van der Waals surface area contributed by atoms with Crippen LogP contribution in [0.25, 0.3) is 0 Å². The highest BCUT2D eigenvalue weighted by Crippen LogP contribution is 2.13. The summed E-state index contributed by atoms with van der Waals surface area (Å²) in [5, 5.41) is 8.36. The summed E-state index contributed by atoms with van der Waals surface area (Å²) in [6.45, 7) is 0.184. The lowest BCUT2D eigenvalue weighted by Gasteiger charge is -2.05. The zero-order valence-corrected chi connectivity index (χ0v) is 9.52. The summed E-state index contributed by atoms with van der Waals surface area (Å²) < 4.78 is 21.6. The van der Waals surface area contributed by atoms with E-state index in [2.05, 4.69) is 15.5 Å². The van der Waals surface area contributed by atoms with Crippen LogP contribution in [0.15, 0.2) is 11.0 Å². The Hall–Kier alpha value is -1.08. The van der Waals surface area contributed by atoms with Gasteiger partial charge in [-0.3, -0.25) is 4.79 Å². The molecule has 0 aliphatic rings. The minimum absolute atomic E-state index is 0.0292. The summed E-state index contributed by atoms with van der Waals surface area (Å²) in [5.41, 5.74) is -0.190. The van der Waals surface area contributed by atoms with Gasteiger partial charge in [0.15, 0.2) is 0 Å². The zero-order valence-electron chi connectivity index (χ0n) is 7.95. The highest BCUT2D eigenvalue weighted by atomic mass is 35.5. The van der Waals surface area contributed by atoms with E-state index in [4.69, 9.17) is 11.6 Å². The van der Waals surface area contributed by atoms with Crippen LogP contribution in [0.1, 0.15) is 0 Å². The van der Waals surface area contributed by atoms with Crippen LogP contribution in [0.5, 0.6) is 0 Å². The normalized spacial score (nSPS) is 11.3. The quantitative estimate of drug-likeness (QED) is 0.778. The number of aromatic amines is 1. The summed E-state index contributed by atoms with van der Waals surface area (Å²) >= 11 is 5.65. The monoisotopic (exact) mass is 251 g/mol. The molecule has 84 valence electrons. The van der Waals surface area contributed by atoms with Crippen molar-refractivity contribution in [1.82, 2.24) is 10.2 Å². The maximum atomic E-state index is 11.0. The highest BCUT2D eigenvalue weighted by molar-refractivity contribution is 7.90. The molecule has 0 aromatic carbocycles. The van der Waals surface area contributed by atoms with Crippen molar-refractivity contribution in [2.45, 2.75) is 0 Å². The number of H-pyrrole nitrogens is 1. The van der Waals surface area contributed by atoms with Crippen LogP contribution in [0.2, 0.25) is 5.02 Å². The van der Waals surface area contributed by atoms with Gasteiger partial charge in [0.25, 0.3) is 5.56 Å². The summed E-state index contributed by atoms with van der Waals surface area (Å²) in [6.07, 6.45) is 2.46. The summed E-state index contributed by atoms with van der Waals surface area (Å²) in [5.74, 6) is -0.0316. The number of hydrogen-bond acceptors (Lipinski definition) is 5. The SMILES string of the molecule is CS(=O)(=O)CCNc1cn[nH]c(=O)c1Cl. The lowest BCUT2D eigenvalue weighted by atomic mass is 10.4. The fraction of sp³-hybridized carbons (Fsp3) is 0.429. The Morgan fingerprint density at radius 2 is 2.27 bits per heavy atom. The number of nitrogens with one attached hydrogen (secondary N) is 2. The molecule has 15 heavy (non-hydrogen) atoms. The molecule has 0 fully saturated rings. The Labute approximate surface area is 91.6 Å². The Morgan fingerprint density at radius 1 is 1.60 bits per heavy atom. The molecule has 0 atom stereocenters. The summed E-state index contributed by atoms with van der Waals surface area (Å²) in [4.78, 5) is 11.0. The minimum Gasteiger partial charge on any atom is -0.381 e. The van der Waals surface area contributed by atoms with E-state index in [0.29, 0.717) is 5.69 Å². The van der Waals surface area contributed by atoms with Crippen LogP contribution in [-0.4, -0.2) is 37.2 Å². The van der Waals surface area contributed by atoms with Crippen molar-refractivity contribution >= 4 is 27.1 Å². The van der Waals surface area contributed by atoms with E-state index in [1.807, 2.05) is 0 Å². The van der Waals surface area contributed by atoms with Crippen LogP contribution in [0, 0.1) is 0 Å². The van der Waals surface area contributed by atoms with E-state index in [1.165, 1.54) is 6.20 Å². The molecule has 8 heteroatoms. The molecule has 2 N–H and O–H groups in total. The third-order valence-corrected chi connectivity index (χ3v) is 2.90. The molecule has 0 radical (unpaired) electrons. The standard InChI is InChI=1S/C7H10ClN3O3S/c1-15(13,14)3-2-9-5-4-10-11-7(12)6(5)8/h4H,2-3H2,1H3,(H2,9,11,12). The molecule has 1 rings (SSSR count). The number of sulfone groups is 1. The van der Waals surface area contributed by atoms with Crippen molar-refractivity contribution < 1.29 is 8.42 Å². The minimum atomic E-state index is -3.03. The molecule has 0 aliphatic carbocycles. The highest BCUT2D eigenvalue weighted by Gasteiger charge is 2.06. The Morgan fingerprint density at radius 3 is 2.87 bits per heavy atom. The van der Waals surface area contributed by atoms with Crippen LogP contribution >= 0.6 is 11.6 Å². The van der Waals surface area contributed by atoms with E-state index in [0.717, 1.165) is 6.26 Å². The van der Waals surface area contributed by atoms with E-state index >= 15 is 0 Å². The first-order valence-corrected chi connectivity index (χ1v) is 6.49. The number of halogens is 1. The second-order valence-corrected chi connectivity index (χ2v) is 5.62. The van der Waals surface area contributed by atoms with Gasteiger partial charge in [0.05, 0.1) is 17.6 Å². The molecule has 6 nitrogen and oxygen atoms in total. The van der Waals surface area contributed by atoms with E-state index in [-0.39, 0.29) is 17.3 Å². The molecule has 0 amide bonds. The number of rotatable bonds is 4. The van der Waals surface area contributed by atoms with E-state index < -0.39 is 15.4 Å². The second-order valence-electron chi connectivity index (χ2n) is 2.98. The first-order chi connectivity index (χ1) is 6.90. The van der Waals surface area contributed by atoms with Gasteiger partial charge in [0.2, 0.25) is 0 Å². The average molecular weight is 252 g/mol. The zero-order chi connectivity index (χ0) is 11.5. The third kappa shape index (κ3) is 3.88. The molecule has 1 aromatic rings. The fourth-order valence-electron chi connectivity index (χ4n) is 0.878. The molecule has 1 heterocycles. The topological polar surface area (TPSA) is 91.9 Å². The van der Waals surface area contributed by atoms with Gasteiger partial charge in [-0.05, 0) is 0 Å². The second kappa shape index (κ2) is 4.63. The van der Waals surface area contributed by atoms with Gasteiger partial charge in [0, 0.05) is 12.8 Å². The summed E-state index contributed by atoms with van der Waals surface area (Å²) in [7, 11) is -3.03. The van der Waals surface area contributed by atoms with Gasteiger partial charge in [0.1, 0.15) is 14.9 Å². The van der Waals surface area contributed by atoms with Crippen molar-refractivity contribution in [3.05, 3.63) is 21.6 Å².